The summed E-state index contributed by atoms with van der Waals surface area (Å²) >= 11 is 4.67. The van der Waals surface area contributed by atoms with Gasteiger partial charge >= 0.3 is 5.97 Å². The van der Waals surface area contributed by atoms with Crippen LogP contribution < -0.4 is 5.32 Å². The highest BCUT2D eigenvalue weighted by Crippen LogP contribution is 2.20. The van der Waals surface area contributed by atoms with Gasteiger partial charge in [0.2, 0.25) is 0 Å². The molecule has 24 heavy (non-hydrogen) atoms. The maximum Gasteiger partial charge on any atom is 0.317 e. The molecule has 1 amide bonds. The summed E-state index contributed by atoms with van der Waals surface area (Å²) in [4.78, 5) is 24.7. The number of hydrogen-bond acceptors (Lipinski definition) is 4. The molecule has 0 spiro atoms. The van der Waals surface area contributed by atoms with Crippen molar-refractivity contribution in [2.75, 3.05) is 11.1 Å². The molecule has 0 fully saturated rings. The second-order valence-electron chi connectivity index (χ2n) is 4.87. The van der Waals surface area contributed by atoms with Crippen LogP contribution in [0.4, 0.5) is 10.1 Å². The van der Waals surface area contributed by atoms with Crippen molar-refractivity contribution in [2.24, 2.45) is 0 Å². The molecule has 0 saturated heterocycles. The lowest BCUT2D eigenvalue weighted by Crippen LogP contribution is -2.30. The number of carbonyl (C=O) groups excluding carboxylic acids is 2. The Labute approximate surface area is 151 Å². The van der Waals surface area contributed by atoms with Gasteiger partial charge in [0, 0.05) is 15.1 Å². The van der Waals surface area contributed by atoms with Gasteiger partial charge in [-0.3, -0.25) is 9.59 Å². The maximum absolute atomic E-state index is 12.8. The molecule has 0 unspecified atom stereocenters. The number of esters is 1. The van der Waals surface area contributed by atoms with Gasteiger partial charge in [0.1, 0.15) is 5.82 Å². The third-order valence-corrected chi connectivity index (χ3v) is 4.47. The number of ether oxygens (including phenoxy) is 1. The molecule has 0 aliphatic heterocycles. The summed E-state index contributed by atoms with van der Waals surface area (Å²) in [5.74, 6) is -1.23. The molecule has 1 N–H and O–H groups in total. The molecule has 0 radical (unpaired) electrons. The molecule has 0 bridgehead atoms. The Morgan fingerprint density at radius 2 is 1.79 bits per heavy atom. The summed E-state index contributed by atoms with van der Waals surface area (Å²) in [6, 6.07) is 12.9. The summed E-state index contributed by atoms with van der Waals surface area (Å²) in [6.07, 6.45) is -0.937. The number of nitrogens with one attached hydrogen (secondary N) is 1. The normalized spacial score (nSPS) is 11.6. The van der Waals surface area contributed by atoms with Crippen LogP contribution in [0.1, 0.15) is 6.92 Å². The van der Waals surface area contributed by atoms with E-state index in [-0.39, 0.29) is 5.75 Å². The summed E-state index contributed by atoms with van der Waals surface area (Å²) < 4.78 is 18.9. The van der Waals surface area contributed by atoms with Gasteiger partial charge in [-0.1, -0.05) is 15.9 Å². The highest BCUT2D eigenvalue weighted by Gasteiger charge is 2.18. The van der Waals surface area contributed by atoms with E-state index in [4.69, 9.17) is 4.74 Å². The van der Waals surface area contributed by atoms with Gasteiger partial charge in [0.15, 0.2) is 6.10 Å². The maximum atomic E-state index is 12.8. The molecule has 1 atom stereocenters. The molecular formula is C17H15BrFNO3S. The number of anilines is 1. The molecule has 7 heteroatoms. The fourth-order valence-electron chi connectivity index (χ4n) is 1.73. The Morgan fingerprint density at radius 3 is 2.42 bits per heavy atom. The van der Waals surface area contributed by atoms with Crippen molar-refractivity contribution in [1.82, 2.24) is 0 Å². The zero-order valence-electron chi connectivity index (χ0n) is 12.8. The van der Waals surface area contributed by atoms with Crippen LogP contribution in [0.3, 0.4) is 0 Å². The second-order valence-corrected chi connectivity index (χ2v) is 6.84. The monoisotopic (exact) mass is 411 g/mol. The molecular weight excluding hydrogens is 397 g/mol. The van der Waals surface area contributed by atoms with Crippen LogP contribution in [0.25, 0.3) is 0 Å². The third-order valence-electron chi connectivity index (χ3n) is 2.96. The van der Waals surface area contributed by atoms with Gasteiger partial charge in [0.25, 0.3) is 5.91 Å². The quantitative estimate of drug-likeness (QED) is 0.570. The molecule has 2 rings (SSSR count). The second kappa shape index (κ2) is 8.84. The number of halogens is 2. The van der Waals surface area contributed by atoms with E-state index < -0.39 is 23.8 Å². The van der Waals surface area contributed by atoms with Gasteiger partial charge in [-0.15, -0.1) is 11.8 Å². The predicted molar refractivity (Wildman–Crippen MR) is 95.4 cm³/mol. The third kappa shape index (κ3) is 5.98. The van der Waals surface area contributed by atoms with E-state index in [0.717, 1.165) is 9.37 Å². The highest BCUT2D eigenvalue weighted by molar-refractivity contribution is 9.10. The van der Waals surface area contributed by atoms with Crippen molar-refractivity contribution >= 4 is 45.3 Å². The number of carbonyl (C=O) groups is 2. The predicted octanol–water partition coefficient (Wildman–Crippen LogP) is 4.25. The van der Waals surface area contributed by atoms with E-state index in [2.05, 4.69) is 21.2 Å². The SMILES string of the molecule is C[C@@H](OC(=O)CSc1ccc(Br)cc1)C(=O)Nc1ccc(F)cc1. The average molecular weight is 412 g/mol. The zero-order chi connectivity index (χ0) is 17.5. The molecule has 0 aliphatic carbocycles. The molecule has 0 heterocycles. The Bertz CT molecular complexity index is 707. The minimum atomic E-state index is -0.937. The Hall–Kier alpha value is -1.86. The molecule has 0 saturated carbocycles. The van der Waals surface area contributed by atoms with Gasteiger partial charge < -0.3 is 10.1 Å². The molecule has 2 aromatic carbocycles. The van der Waals surface area contributed by atoms with Crippen LogP contribution in [-0.2, 0) is 14.3 Å². The largest absolute Gasteiger partial charge is 0.452 e. The molecule has 0 aromatic heterocycles. The van der Waals surface area contributed by atoms with E-state index in [0.29, 0.717) is 5.69 Å². The van der Waals surface area contributed by atoms with E-state index in [1.54, 1.807) is 0 Å². The smallest absolute Gasteiger partial charge is 0.317 e. The van der Waals surface area contributed by atoms with Crippen LogP contribution in [0.15, 0.2) is 57.9 Å². The van der Waals surface area contributed by atoms with Gasteiger partial charge in [0.05, 0.1) is 5.75 Å². The van der Waals surface area contributed by atoms with Crippen molar-refractivity contribution in [1.29, 1.82) is 0 Å². The lowest BCUT2D eigenvalue weighted by molar-refractivity contribution is -0.150. The Balaban J connectivity index is 1.78. The van der Waals surface area contributed by atoms with Crippen molar-refractivity contribution < 1.29 is 18.7 Å². The van der Waals surface area contributed by atoms with Crippen LogP contribution in [-0.4, -0.2) is 23.7 Å². The van der Waals surface area contributed by atoms with Crippen LogP contribution in [0, 0.1) is 5.82 Å². The van der Waals surface area contributed by atoms with Crippen molar-refractivity contribution in [3.8, 4) is 0 Å². The first kappa shape index (κ1) is 18.5. The lowest BCUT2D eigenvalue weighted by atomic mass is 10.3. The van der Waals surface area contributed by atoms with E-state index in [1.807, 2.05) is 24.3 Å². The summed E-state index contributed by atoms with van der Waals surface area (Å²) in [7, 11) is 0. The van der Waals surface area contributed by atoms with Crippen molar-refractivity contribution in [3.63, 3.8) is 0 Å². The first-order chi connectivity index (χ1) is 11.4. The average Bonchev–Trinajstić information content (AvgIpc) is 2.56. The van der Waals surface area contributed by atoms with Crippen molar-refractivity contribution in [3.05, 3.63) is 58.8 Å². The first-order valence-corrected chi connectivity index (χ1v) is 8.86. The highest BCUT2D eigenvalue weighted by atomic mass is 79.9. The number of thioether (sulfide) groups is 1. The van der Waals surface area contributed by atoms with Crippen LogP contribution >= 0.6 is 27.7 Å². The summed E-state index contributed by atoms with van der Waals surface area (Å²) in [5, 5.41) is 2.56. The van der Waals surface area contributed by atoms with Crippen LogP contribution in [0.5, 0.6) is 0 Å². The van der Waals surface area contributed by atoms with Gasteiger partial charge in [-0.2, -0.15) is 0 Å². The lowest BCUT2D eigenvalue weighted by Gasteiger charge is -2.13. The number of rotatable bonds is 6. The van der Waals surface area contributed by atoms with E-state index in [1.165, 1.54) is 43.0 Å². The fraction of sp³-hybridized carbons (Fsp3) is 0.176. The van der Waals surface area contributed by atoms with Gasteiger partial charge in [-0.05, 0) is 55.5 Å². The Kier molecular flexibility index (Phi) is 6.81. The molecule has 4 nitrogen and oxygen atoms in total. The minimum Gasteiger partial charge on any atom is -0.452 e. The summed E-state index contributed by atoms with van der Waals surface area (Å²) in [6.45, 7) is 1.49. The number of benzene rings is 2. The zero-order valence-corrected chi connectivity index (χ0v) is 15.2. The molecule has 2 aromatic rings. The minimum absolute atomic E-state index is 0.107. The Morgan fingerprint density at radius 1 is 1.17 bits per heavy atom. The van der Waals surface area contributed by atoms with Gasteiger partial charge in [-0.25, -0.2) is 4.39 Å². The van der Waals surface area contributed by atoms with Crippen molar-refractivity contribution in [2.45, 2.75) is 17.9 Å². The number of hydrogen-bond donors (Lipinski definition) is 1. The molecule has 126 valence electrons. The standard InChI is InChI=1S/C17H15BrFNO3S/c1-11(17(22)20-14-6-4-13(19)5-7-14)23-16(21)10-24-15-8-2-12(18)3-9-15/h2-9,11H,10H2,1H3,(H,20,22)/t11-/m1/s1. The number of amides is 1. The fourth-order valence-corrected chi connectivity index (χ4v) is 2.68. The topological polar surface area (TPSA) is 55.4 Å². The van der Waals surface area contributed by atoms with E-state index >= 15 is 0 Å². The van der Waals surface area contributed by atoms with E-state index in [9.17, 15) is 14.0 Å². The van der Waals surface area contributed by atoms with Crippen LogP contribution in [0.2, 0.25) is 0 Å². The summed E-state index contributed by atoms with van der Waals surface area (Å²) in [5.41, 5.74) is 0.438. The first-order valence-electron chi connectivity index (χ1n) is 7.08. The molecule has 0 aliphatic rings.